The molecule has 2 rings (SSSR count). The van der Waals surface area contributed by atoms with E-state index in [2.05, 4.69) is 43.4 Å². The molecule has 0 unspecified atom stereocenters. The smallest absolute Gasteiger partial charge is 0.251 e. The fourth-order valence-corrected chi connectivity index (χ4v) is 2.05. The largest absolute Gasteiger partial charge is 0.345 e. The molecule has 0 fully saturated rings. The number of benzene rings is 2. The minimum absolute atomic E-state index is 0.0203. The molecule has 2 aromatic rings. The van der Waals surface area contributed by atoms with E-state index in [1.54, 1.807) is 0 Å². The van der Waals surface area contributed by atoms with E-state index in [4.69, 9.17) is 0 Å². The first-order valence-corrected chi connectivity index (χ1v) is 6.63. The molecule has 1 N–H and O–H groups in total. The minimum atomic E-state index is -0.0203. The van der Waals surface area contributed by atoms with Crippen molar-refractivity contribution in [1.29, 1.82) is 0 Å². The van der Waals surface area contributed by atoms with E-state index in [0.717, 1.165) is 12.0 Å². The van der Waals surface area contributed by atoms with E-state index >= 15 is 0 Å². The Balaban J connectivity index is 2.11. The van der Waals surface area contributed by atoms with Gasteiger partial charge < -0.3 is 5.32 Å². The summed E-state index contributed by atoms with van der Waals surface area (Å²) in [4.78, 5) is 12.1. The average Bonchev–Trinajstić information content (AvgIpc) is 2.46. The molecule has 0 saturated carbocycles. The fraction of sp³-hybridized carbons (Fsp3) is 0.235. The lowest BCUT2D eigenvalue weighted by Gasteiger charge is -2.17. The van der Waals surface area contributed by atoms with Crippen LogP contribution in [0.15, 0.2) is 54.6 Å². The molecule has 2 aromatic carbocycles. The Bertz CT molecular complexity index is 531. The van der Waals surface area contributed by atoms with Gasteiger partial charge in [0.05, 0.1) is 6.04 Å². The normalized spacial score (nSPS) is 11.9. The molecule has 0 radical (unpaired) electrons. The van der Waals surface area contributed by atoms with E-state index in [1.807, 2.05) is 30.3 Å². The average molecular weight is 253 g/mol. The van der Waals surface area contributed by atoms with Crippen molar-refractivity contribution in [2.75, 3.05) is 0 Å². The highest BCUT2D eigenvalue weighted by molar-refractivity contribution is 5.94. The van der Waals surface area contributed by atoms with Crippen molar-refractivity contribution in [3.05, 3.63) is 71.3 Å². The van der Waals surface area contributed by atoms with E-state index < -0.39 is 0 Å². The summed E-state index contributed by atoms with van der Waals surface area (Å²) in [6.07, 6.45) is 0.877. The first-order valence-electron chi connectivity index (χ1n) is 6.63. The zero-order chi connectivity index (χ0) is 13.7. The third-order valence-electron chi connectivity index (χ3n) is 3.23. The molecular formula is C17H19NO. The van der Waals surface area contributed by atoms with Crippen LogP contribution in [0.3, 0.4) is 0 Å². The fourth-order valence-electron chi connectivity index (χ4n) is 2.05. The van der Waals surface area contributed by atoms with Gasteiger partial charge in [-0.25, -0.2) is 0 Å². The van der Waals surface area contributed by atoms with Crippen LogP contribution in [0.1, 0.15) is 40.9 Å². The molecule has 0 saturated heterocycles. The summed E-state index contributed by atoms with van der Waals surface area (Å²) >= 11 is 0. The summed E-state index contributed by atoms with van der Waals surface area (Å²) in [5.41, 5.74) is 3.08. The highest BCUT2D eigenvalue weighted by Gasteiger charge is 2.13. The number of hydrogen-bond donors (Lipinski definition) is 1. The first kappa shape index (κ1) is 13.3. The second kappa shape index (κ2) is 6.19. The lowest BCUT2D eigenvalue weighted by molar-refractivity contribution is 0.0935. The van der Waals surface area contributed by atoms with Crippen molar-refractivity contribution in [2.45, 2.75) is 26.3 Å². The van der Waals surface area contributed by atoms with Crippen LogP contribution in [0.25, 0.3) is 0 Å². The van der Waals surface area contributed by atoms with Crippen molar-refractivity contribution in [1.82, 2.24) is 5.32 Å². The molecule has 0 heterocycles. The van der Waals surface area contributed by atoms with Crippen LogP contribution in [0, 0.1) is 6.92 Å². The summed E-state index contributed by atoms with van der Waals surface area (Å²) < 4.78 is 0. The van der Waals surface area contributed by atoms with E-state index in [1.165, 1.54) is 5.56 Å². The van der Waals surface area contributed by atoms with E-state index in [-0.39, 0.29) is 11.9 Å². The van der Waals surface area contributed by atoms with Gasteiger partial charge in [-0.05, 0) is 31.0 Å². The molecule has 0 bridgehead atoms. The summed E-state index contributed by atoms with van der Waals surface area (Å²) in [5.74, 6) is -0.0203. The standard InChI is InChI=1S/C17H19NO/c1-3-16(14-11-9-13(2)10-12-14)18-17(19)15-7-5-4-6-8-15/h4-12,16H,3H2,1-2H3,(H,18,19)/t16-/m1/s1. The zero-order valence-electron chi connectivity index (χ0n) is 11.4. The van der Waals surface area contributed by atoms with Crippen LogP contribution in [-0.4, -0.2) is 5.91 Å². The number of carbonyl (C=O) groups excluding carboxylic acids is 1. The maximum atomic E-state index is 12.1. The van der Waals surface area contributed by atoms with Gasteiger partial charge in [-0.1, -0.05) is 55.0 Å². The Morgan fingerprint density at radius 3 is 2.26 bits per heavy atom. The van der Waals surface area contributed by atoms with Crippen LogP contribution >= 0.6 is 0 Å². The number of aryl methyl sites for hydroxylation is 1. The van der Waals surface area contributed by atoms with Gasteiger partial charge in [-0.2, -0.15) is 0 Å². The number of rotatable bonds is 4. The Kier molecular flexibility index (Phi) is 4.35. The van der Waals surface area contributed by atoms with Gasteiger partial charge in [-0.3, -0.25) is 4.79 Å². The topological polar surface area (TPSA) is 29.1 Å². The van der Waals surface area contributed by atoms with Crippen molar-refractivity contribution < 1.29 is 4.79 Å². The molecule has 1 atom stereocenters. The highest BCUT2D eigenvalue weighted by Crippen LogP contribution is 2.17. The second-order valence-corrected chi connectivity index (χ2v) is 4.71. The van der Waals surface area contributed by atoms with Gasteiger partial charge in [0, 0.05) is 5.56 Å². The van der Waals surface area contributed by atoms with Gasteiger partial charge >= 0.3 is 0 Å². The molecule has 19 heavy (non-hydrogen) atoms. The van der Waals surface area contributed by atoms with Crippen molar-refractivity contribution in [3.63, 3.8) is 0 Å². The summed E-state index contributed by atoms with van der Waals surface area (Å²) in [5, 5.41) is 3.08. The van der Waals surface area contributed by atoms with Crippen molar-refractivity contribution in [2.24, 2.45) is 0 Å². The third kappa shape index (κ3) is 3.44. The van der Waals surface area contributed by atoms with Gasteiger partial charge in [0.15, 0.2) is 0 Å². The summed E-state index contributed by atoms with van der Waals surface area (Å²) in [7, 11) is 0. The van der Waals surface area contributed by atoms with Crippen LogP contribution < -0.4 is 5.32 Å². The lowest BCUT2D eigenvalue weighted by Crippen LogP contribution is -2.28. The monoisotopic (exact) mass is 253 g/mol. The molecule has 98 valence electrons. The maximum absolute atomic E-state index is 12.1. The summed E-state index contributed by atoms with van der Waals surface area (Å²) in [6, 6.07) is 17.7. The minimum Gasteiger partial charge on any atom is -0.345 e. The molecule has 0 aromatic heterocycles. The molecule has 2 heteroatoms. The van der Waals surface area contributed by atoms with E-state index in [9.17, 15) is 4.79 Å². The van der Waals surface area contributed by atoms with Crippen LogP contribution in [0.2, 0.25) is 0 Å². The van der Waals surface area contributed by atoms with Gasteiger partial charge in [0.2, 0.25) is 0 Å². The highest BCUT2D eigenvalue weighted by atomic mass is 16.1. The maximum Gasteiger partial charge on any atom is 0.251 e. The van der Waals surface area contributed by atoms with Crippen molar-refractivity contribution in [3.8, 4) is 0 Å². The van der Waals surface area contributed by atoms with Crippen molar-refractivity contribution >= 4 is 5.91 Å². The number of nitrogens with one attached hydrogen (secondary N) is 1. The summed E-state index contributed by atoms with van der Waals surface area (Å²) in [6.45, 7) is 4.14. The van der Waals surface area contributed by atoms with Gasteiger partial charge in [0.25, 0.3) is 5.91 Å². The molecular weight excluding hydrogens is 234 g/mol. The first-order chi connectivity index (χ1) is 9.20. The molecule has 0 spiro atoms. The molecule has 1 amide bonds. The molecule has 2 nitrogen and oxygen atoms in total. The lowest BCUT2D eigenvalue weighted by atomic mass is 10.0. The number of amides is 1. The molecule has 0 aliphatic heterocycles. The second-order valence-electron chi connectivity index (χ2n) is 4.71. The SMILES string of the molecule is CC[C@@H](NC(=O)c1ccccc1)c1ccc(C)cc1. The third-order valence-corrected chi connectivity index (χ3v) is 3.23. The predicted octanol–water partition coefficient (Wildman–Crippen LogP) is 3.88. The Labute approximate surface area is 114 Å². The van der Waals surface area contributed by atoms with E-state index in [0.29, 0.717) is 5.56 Å². The van der Waals surface area contributed by atoms with Gasteiger partial charge in [0.1, 0.15) is 0 Å². The van der Waals surface area contributed by atoms with Crippen LogP contribution in [0.4, 0.5) is 0 Å². The zero-order valence-corrected chi connectivity index (χ0v) is 11.4. The molecule has 0 aliphatic carbocycles. The predicted molar refractivity (Wildman–Crippen MR) is 78.1 cm³/mol. The number of hydrogen-bond acceptors (Lipinski definition) is 1. The van der Waals surface area contributed by atoms with Crippen LogP contribution in [-0.2, 0) is 0 Å². The Hall–Kier alpha value is -2.09. The Morgan fingerprint density at radius 1 is 1.05 bits per heavy atom. The quantitative estimate of drug-likeness (QED) is 0.880. The number of carbonyl (C=O) groups is 1. The Morgan fingerprint density at radius 2 is 1.68 bits per heavy atom. The van der Waals surface area contributed by atoms with Gasteiger partial charge in [-0.15, -0.1) is 0 Å². The van der Waals surface area contributed by atoms with Crippen LogP contribution in [0.5, 0.6) is 0 Å². The molecule has 0 aliphatic rings.